The predicted octanol–water partition coefficient (Wildman–Crippen LogP) is 2.33. The monoisotopic (exact) mass is 252 g/mol. The molecule has 5 heteroatoms. The summed E-state index contributed by atoms with van der Waals surface area (Å²) < 4.78 is 7.54. The summed E-state index contributed by atoms with van der Waals surface area (Å²) in [5.74, 6) is 0.961. The minimum Gasteiger partial charge on any atom is -0.394 e. The largest absolute Gasteiger partial charge is 0.394 e. The Morgan fingerprint density at radius 1 is 1.50 bits per heavy atom. The van der Waals surface area contributed by atoms with Crippen LogP contribution in [0.15, 0.2) is 0 Å². The van der Waals surface area contributed by atoms with Gasteiger partial charge in [-0.1, -0.05) is 0 Å². The maximum Gasteiger partial charge on any atom is 0.148 e. The number of hydrogen-bond donors (Lipinski definition) is 2. The molecule has 3 N–H and O–H groups in total. The van der Waals surface area contributed by atoms with Gasteiger partial charge in [0.15, 0.2) is 0 Å². The molecule has 0 amide bonds. The predicted molar refractivity (Wildman–Crippen MR) is 73.8 cm³/mol. The summed E-state index contributed by atoms with van der Waals surface area (Å²) >= 11 is 0. The van der Waals surface area contributed by atoms with E-state index < -0.39 is 0 Å². The Balaban J connectivity index is 2.02. The molecule has 1 aliphatic rings. The van der Waals surface area contributed by atoms with Crippen molar-refractivity contribution in [1.29, 1.82) is 0 Å². The third-order valence-electron chi connectivity index (χ3n) is 3.46. The number of nitrogens with two attached hydrogens (primary N) is 1. The second-order valence-corrected chi connectivity index (χ2v) is 5.28. The second-order valence-electron chi connectivity index (χ2n) is 5.28. The number of hydrogen-bond acceptors (Lipinski definition) is 4. The number of aromatic nitrogens is 2. The van der Waals surface area contributed by atoms with Crippen molar-refractivity contribution in [2.24, 2.45) is 0 Å². The highest BCUT2D eigenvalue weighted by molar-refractivity contribution is 5.65. The molecule has 1 aliphatic carbocycles. The van der Waals surface area contributed by atoms with Crippen LogP contribution in [0.3, 0.4) is 0 Å². The molecule has 1 fully saturated rings. The molecule has 102 valence electrons. The molecule has 0 spiro atoms. The summed E-state index contributed by atoms with van der Waals surface area (Å²) in [6, 6.07) is 0.767. The van der Waals surface area contributed by atoms with E-state index in [4.69, 9.17) is 10.5 Å². The Hall–Kier alpha value is -1.23. The van der Waals surface area contributed by atoms with Crippen molar-refractivity contribution in [3.63, 3.8) is 0 Å². The van der Waals surface area contributed by atoms with E-state index in [2.05, 4.69) is 24.3 Å². The van der Waals surface area contributed by atoms with Crippen LogP contribution in [0.25, 0.3) is 0 Å². The molecule has 5 nitrogen and oxygen atoms in total. The van der Waals surface area contributed by atoms with Crippen LogP contribution in [0.2, 0.25) is 0 Å². The lowest BCUT2D eigenvalue weighted by Crippen LogP contribution is -2.41. The lowest BCUT2D eigenvalue weighted by Gasteiger charge is -2.36. The number of ether oxygens (including phenoxy) is 1. The normalized spacial score (nSPS) is 23.2. The number of nitrogens with one attached hydrogen (secondary N) is 1. The topological polar surface area (TPSA) is 65.1 Å². The van der Waals surface area contributed by atoms with Gasteiger partial charge in [-0.3, -0.25) is 0 Å². The van der Waals surface area contributed by atoms with Gasteiger partial charge in [0.2, 0.25) is 0 Å². The standard InChI is InChI=1S/C13H24N4O/c1-5-18-11-6-10(7-11)15-13-12(14)9(4)16-17(13)8(2)3/h8,10-11,15H,5-7,14H2,1-4H3. The molecule has 2 rings (SSSR count). The highest BCUT2D eigenvalue weighted by atomic mass is 16.5. The highest BCUT2D eigenvalue weighted by Crippen LogP contribution is 2.31. The first kappa shape index (κ1) is 13.2. The highest BCUT2D eigenvalue weighted by Gasteiger charge is 2.31. The van der Waals surface area contributed by atoms with E-state index in [1.54, 1.807) is 0 Å². The fourth-order valence-electron chi connectivity index (χ4n) is 2.33. The minimum absolute atomic E-state index is 0.311. The molecule has 0 bridgehead atoms. The molecular weight excluding hydrogens is 228 g/mol. The fraction of sp³-hybridized carbons (Fsp3) is 0.769. The van der Waals surface area contributed by atoms with Gasteiger partial charge in [0, 0.05) is 18.7 Å². The lowest BCUT2D eigenvalue weighted by atomic mass is 9.89. The first-order chi connectivity index (χ1) is 8.52. The third-order valence-corrected chi connectivity index (χ3v) is 3.46. The summed E-state index contributed by atoms with van der Waals surface area (Å²) in [7, 11) is 0. The average Bonchev–Trinajstić information content (AvgIpc) is 2.54. The molecule has 1 aromatic rings. The van der Waals surface area contributed by atoms with Gasteiger partial charge in [-0.15, -0.1) is 0 Å². The van der Waals surface area contributed by atoms with Gasteiger partial charge >= 0.3 is 0 Å². The minimum atomic E-state index is 0.311. The van der Waals surface area contributed by atoms with Gasteiger partial charge in [-0.25, -0.2) is 4.68 Å². The quantitative estimate of drug-likeness (QED) is 0.844. The van der Waals surface area contributed by atoms with E-state index in [-0.39, 0.29) is 0 Å². The van der Waals surface area contributed by atoms with Gasteiger partial charge in [-0.2, -0.15) is 5.10 Å². The summed E-state index contributed by atoms with van der Waals surface area (Å²) in [6.45, 7) is 9.00. The van der Waals surface area contributed by atoms with Crippen LogP contribution in [0, 0.1) is 6.92 Å². The third kappa shape index (κ3) is 2.46. The first-order valence-corrected chi connectivity index (χ1v) is 6.75. The molecular formula is C13H24N4O. The van der Waals surface area contributed by atoms with Gasteiger partial charge in [0.25, 0.3) is 0 Å². The summed E-state index contributed by atoms with van der Waals surface area (Å²) in [5.41, 5.74) is 7.75. The van der Waals surface area contributed by atoms with Crippen molar-refractivity contribution in [3.05, 3.63) is 5.69 Å². The van der Waals surface area contributed by atoms with Gasteiger partial charge in [0.1, 0.15) is 5.82 Å². The molecule has 0 unspecified atom stereocenters. The Labute approximate surface area is 109 Å². The zero-order valence-electron chi connectivity index (χ0n) is 11.7. The molecule has 0 radical (unpaired) electrons. The molecule has 18 heavy (non-hydrogen) atoms. The SMILES string of the molecule is CCOC1CC(Nc2c(N)c(C)nn2C(C)C)C1. The van der Waals surface area contributed by atoms with Crippen LogP contribution < -0.4 is 11.1 Å². The van der Waals surface area contributed by atoms with Crippen LogP contribution in [0.4, 0.5) is 11.5 Å². The molecule has 0 aromatic carbocycles. The maximum absolute atomic E-state index is 6.08. The number of nitrogen functional groups attached to an aromatic ring is 1. The number of aryl methyl sites for hydroxylation is 1. The van der Waals surface area contributed by atoms with Crippen molar-refractivity contribution in [3.8, 4) is 0 Å². The fourth-order valence-corrected chi connectivity index (χ4v) is 2.33. The van der Waals surface area contributed by atoms with Crippen molar-refractivity contribution in [1.82, 2.24) is 9.78 Å². The van der Waals surface area contributed by atoms with Crippen LogP contribution in [0.1, 0.15) is 45.3 Å². The second kappa shape index (κ2) is 5.18. The van der Waals surface area contributed by atoms with Crippen LogP contribution in [-0.4, -0.2) is 28.5 Å². The van der Waals surface area contributed by atoms with Gasteiger partial charge in [-0.05, 0) is 40.5 Å². The molecule has 1 heterocycles. The average molecular weight is 252 g/mol. The Morgan fingerprint density at radius 3 is 2.72 bits per heavy atom. The molecule has 1 saturated carbocycles. The van der Waals surface area contributed by atoms with E-state index in [1.165, 1.54) is 0 Å². The van der Waals surface area contributed by atoms with E-state index in [0.29, 0.717) is 18.2 Å². The van der Waals surface area contributed by atoms with Crippen molar-refractivity contribution in [2.75, 3.05) is 17.7 Å². The molecule has 0 aliphatic heterocycles. The van der Waals surface area contributed by atoms with E-state index >= 15 is 0 Å². The van der Waals surface area contributed by atoms with E-state index in [0.717, 1.165) is 36.6 Å². The van der Waals surface area contributed by atoms with Crippen molar-refractivity contribution < 1.29 is 4.74 Å². The Bertz CT molecular complexity index is 407. The van der Waals surface area contributed by atoms with Crippen molar-refractivity contribution in [2.45, 2.75) is 58.7 Å². The van der Waals surface area contributed by atoms with E-state index in [1.807, 2.05) is 18.5 Å². The summed E-state index contributed by atoms with van der Waals surface area (Å²) in [5, 5.41) is 7.98. The number of nitrogens with zero attached hydrogens (tertiary/aromatic N) is 2. The molecule has 1 aromatic heterocycles. The Morgan fingerprint density at radius 2 is 2.17 bits per heavy atom. The van der Waals surface area contributed by atoms with Crippen LogP contribution >= 0.6 is 0 Å². The van der Waals surface area contributed by atoms with Gasteiger partial charge < -0.3 is 15.8 Å². The van der Waals surface area contributed by atoms with Crippen molar-refractivity contribution >= 4 is 11.5 Å². The summed E-state index contributed by atoms with van der Waals surface area (Å²) in [4.78, 5) is 0. The zero-order valence-corrected chi connectivity index (χ0v) is 11.7. The number of rotatable bonds is 5. The molecule has 0 atom stereocenters. The molecule has 0 saturated heterocycles. The Kier molecular flexibility index (Phi) is 3.80. The first-order valence-electron chi connectivity index (χ1n) is 6.75. The van der Waals surface area contributed by atoms with Crippen LogP contribution in [0.5, 0.6) is 0 Å². The maximum atomic E-state index is 6.08. The van der Waals surface area contributed by atoms with Crippen LogP contribution in [-0.2, 0) is 4.74 Å². The summed E-state index contributed by atoms with van der Waals surface area (Å²) in [6.07, 6.45) is 2.51. The lowest BCUT2D eigenvalue weighted by molar-refractivity contribution is 0.00284. The van der Waals surface area contributed by atoms with E-state index in [9.17, 15) is 0 Å². The smallest absolute Gasteiger partial charge is 0.148 e. The number of anilines is 2. The zero-order chi connectivity index (χ0) is 13.3. The van der Waals surface area contributed by atoms with Gasteiger partial charge in [0.05, 0.1) is 17.5 Å².